The molecule has 1 fully saturated rings. The number of aliphatic hydroxyl groups is 1. The van der Waals surface area contributed by atoms with Crippen molar-refractivity contribution in [2.45, 2.75) is 13.0 Å². The Kier molecular flexibility index (Phi) is 7.11. The number of alkyl halides is 1. The fraction of sp³-hybridized carbons (Fsp3) is 0.421. The summed E-state index contributed by atoms with van der Waals surface area (Å²) in [5.74, 6) is -0.537. The highest BCUT2D eigenvalue weighted by Gasteiger charge is 2.39. The lowest BCUT2D eigenvalue weighted by molar-refractivity contribution is -0.124. The molecule has 28 heavy (non-hydrogen) atoms. The van der Waals surface area contributed by atoms with Crippen LogP contribution in [0.5, 0.6) is 11.6 Å². The molecule has 152 valence electrons. The lowest BCUT2D eigenvalue weighted by Crippen LogP contribution is -2.34. The third-order valence-electron chi connectivity index (χ3n) is 4.84. The molecule has 9 heteroatoms. The summed E-state index contributed by atoms with van der Waals surface area (Å²) in [6.07, 6.45) is 1.57. The summed E-state index contributed by atoms with van der Waals surface area (Å²) in [4.78, 5) is 27.6. The van der Waals surface area contributed by atoms with Crippen molar-refractivity contribution in [1.29, 1.82) is 0 Å². The first-order valence-corrected chi connectivity index (χ1v) is 8.64. The molecule has 3 atom stereocenters. The zero-order valence-corrected chi connectivity index (χ0v) is 15.9. The van der Waals surface area contributed by atoms with Gasteiger partial charge >= 0.3 is 0 Å². The van der Waals surface area contributed by atoms with E-state index in [4.69, 9.17) is 15.2 Å². The first-order valence-electron chi connectivity index (χ1n) is 8.64. The molecule has 1 saturated heterocycles. The number of halogens is 1. The lowest BCUT2D eigenvalue weighted by atomic mass is 9.93. The maximum absolute atomic E-state index is 11.8. The second kappa shape index (κ2) is 9.32. The van der Waals surface area contributed by atoms with Crippen LogP contribution in [0.15, 0.2) is 24.4 Å². The fourth-order valence-corrected chi connectivity index (χ4v) is 3.20. The van der Waals surface area contributed by atoms with Gasteiger partial charge in [0, 0.05) is 11.6 Å². The average Bonchev–Trinajstić information content (AvgIpc) is 2.99. The maximum Gasteiger partial charge on any atom is 0.252 e. The van der Waals surface area contributed by atoms with Crippen molar-refractivity contribution >= 4 is 22.6 Å². The van der Waals surface area contributed by atoms with E-state index in [2.05, 4.69) is 10.3 Å². The van der Waals surface area contributed by atoms with Crippen molar-refractivity contribution in [2.75, 3.05) is 27.5 Å². The van der Waals surface area contributed by atoms with Crippen LogP contribution in [0.4, 0.5) is 4.39 Å². The predicted octanol–water partition coefficient (Wildman–Crippen LogP) is 1.05. The Morgan fingerprint density at radius 1 is 1.39 bits per heavy atom. The molecule has 1 aromatic heterocycles. The number of nitrogens with two attached hydrogens (primary N) is 1. The first kappa shape index (κ1) is 21.4. The minimum absolute atomic E-state index is 0.0570. The van der Waals surface area contributed by atoms with E-state index < -0.39 is 11.8 Å². The van der Waals surface area contributed by atoms with Gasteiger partial charge in [-0.3, -0.25) is 14.0 Å². The van der Waals surface area contributed by atoms with E-state index in [0.717, 1.165) is 5.39 Å². The highest BCUT2D eigenvalue weighted by atomic mass is 19.1. The number of hydrogen-bond donors (Lipinski definition) is 3. The van der Waals surface area contributed by atoms with Gasteiger partial charge in [0.05, 0.1) is 38.4 Å². The second-order valence-electron chi connectivity index (χ2n) is 6.33. The summed E-state index contributed by atoms with van der Waals surface area (Å²) in [6, 6.07) is 4.82. The third-order valence-corrected chi connectivity index (χ3v) is 4.84. The number of hydrogen-bond acceptors (Lipinski definition) is 6. The van der Waals surface area contributed by atoms with E-state index in [9.17, 15) is 19.1 Å². The van der Waals surface area contributed by atoms with Crippen molar-refractivity contribution in [3.63, 3.8) is 0 Å². The van der Waals surface area contributed by atoms with Crippen molar-refractivity contribution < 1.29 is 28.6 Å². The number of rotatable bonds is 6. The van der Waals surface area contributed by atoms with Gasteiger partial charge in [0.25, 0.3) is 5.91 Å². The Morgan fingerprint density at radius 2 is 2.11 bits per heavy atom. The Morgan fingerprint density at radius 3 is 2.68 bits per heavy atom. The van der Waals surface area contributed by atoms with Gasteiger partial charge in [-0.1, -0.05) is 6.92 Å². The van der Waals surface area contributed by atoms with Crippen molar-refractivity contribution in [3.8, 4) is 11.6 Å². The van der Waals surface area contributed by atoms with Gasteiger partial charge in [-0.05, 0) is 29.5 Å². The molecule has 3 rings (SSSR count). The summed E-state index contributed by atoms with van der Waals surface area (Å²) in [5.41, 5.74) is 5.67. The van der Waals surface area contributed by atoms with E-state index in [0.29, 0.717) is 24.2 Å². The molecule has 8 nitrogen and oxygen atoms in total. The van der Waals surface area contributed by atoms with Crippen LogP contribution in [0.2, 0.25) is 0 Å². The SMILES string of the molecule is CF.COc1cc2c(OCC3NC(=O)C(CO)C3C)nccc2cc1C(N)=O. The van der Waals surface area contributed by atoms with Gasteiger partial charge in [0.2, 0.25) is 11.8 Å². The van der Waals surface area contributed by atoms with E-state index in [1.165, 1.54) is 7.11 Å². The Balaban J connectivity index is 0.00000136. The van der Waals surface area contributed by atoms with Crippen LogP contribution in [0.25, 0.3) is 10.8 Å². The van der Waals surface area contributed by atoms with Crippen molar-refractivity contribution in [1.82, 2.24) is 10.3 Å². The zero-order chi connectivity index (χ0) is 20.8. The summed E-state index contributed by atoms with van der Waals surface area (Å²) in [6.45, 7) is 1.92. The topological polar surface area (TPSA) is 124 Å². The number of carbonyl (C=O) groups is 2. The molecule has 2 heterocycles. The molecule has 0 bridgehead atoms. The number of carbonyl (C=O) groups excluding carboxylic acids is 2. The van der Waals surface area contributed by atoms with E-state index in [-0.39, 0.29) is 36.6 Å². The molecule has 1 aliphatic rings. The normalized spacial score (nSPS) is 20.9. The lowest BCUT2D eigenvalue weighted by Gasteiger charge is -2.18. The number of nitrogens with zero attached hydrogens (tertiary/aromatic N) is 1. The van der Waals surface area contributed by atoms with Crippen molar-refractivity contribution in [3.05, 3.63) is 30.0 Å². The summed E-state index contributed by atoms with van der Waals surface area (Å²) in [7, 11) is 1.95. The number of methoxy groups -OCH3 is 1. The molecule has 0 aliphatic carbocycles. The number of ether oxygens (including phenoxy) is 2. The highest BCUT2D eigenvalue weighted by Crippen LogP contribution is 2.31. The molecular formula is C19H24FN3O5. The predicted molar refractivity (Wildman–Crippen MR) is 101 cm³/mol. The van der Waals surface area contributed by atoms with Crippen LogP contribution in [-0.2, 0) is 4.79 Å². The van der Waals surface area contributed by atoms with Gasteiger partial charge in [0.15, 0.2) is 0 Å². The minimum Gasteiger partial charge on any atom is -0.496 e. The number of benzene rings is 1. The number of amides is 2. The van der Waals surface area contributed by atoms with Crippen LogP contribution in [0.3, 0.4) is 0 Å². The standard InChI is InChI=1S/C18H21N3O5.CH3F/c1-9-13(7-22)17(24)21-14(9)8-26-18-11-6-15(25-2)12(16(19)23)5-10(11)3-4-20-18;1-2/h3-6,9,13-14,22H,7-8H2,1-2H3,(H2,19,23)(H,21,24);1H3. The van der Waals surface area contributed by atoms with Crippen molar-refractivity contribution in [2.24, 2.45) is 17.6 Å². The Bertz CT molecular complexity index is 861. The van der Waals surface area contributed by atoms with Crippen LogP contribution in [-0.4, -0.2) is 55.4 Å². The number of nitrogens with one attached hydrogen (secondary N) is 1. The van der Waals surface area contributed by atoms with E-state index in [1.54, 1.807) is 24.4 Å². The van der Waals surface area contributed by atoms with Gasteiger partial charge in [-0.15, -0.1) is 0 Å². The smallest absolute Gasteiger partial charge is 0.252 e. The molecule has 1 aliphatic heterocycles. The quantitative estimate of drug-likeness (QED) is 0.674. The molecule has 0 saturated carbocycles. The number of aromatic nitrogens is 1. The van der Waals surface area contributed by atoms with Gasteiger partial charge in [0.1, 0.15) is 12.4 Å². The van der Waals surface area contributed by atoms with Gasteiger partial charge < -0.3 is 25.6 Å². The number of pyridine rings is 1. The third kappa shape index (κ3) is 4.14. The molecule has 0 radical (unpaired) electrons. The fourth-order valence-electron chi connectivity index (χ4n) is 3.20. The minimum atomic E-state index is -0.583. The largest absolute Gasteiger partial charge is 0.496 e. The molecule has 0 spiro atoms. The van der Waals surface area contributed by atoms with Gasteiger partial charge in [-0.25, -0.2) is 4.98 Å². The number of aliphatic hydroxyl groups excluding tert-OH is 1. The Hall–Kier alpha value is -2.94. The molecular weight excluding hydrogens is 369 g/mol. The first-order chi connectivity index (χ1) is 13.5. The average molecular weight is 393 g/mol. The van der Waals surface area contributed by atoms with Crippen LogP contribution in [0.1, 0.15) is 17.3 Å². The number of fused-ring (bicyclic) bond motifs is 1. The molecule has 4 N–H and O–H groups in total. The summed E-state index contributed by atoms with van der Waals surface area (Å²) in [5, 5.41) is 13.6. The zero-order valence-electron chi connectivity index (χ0n) is 15.9. The Labute approximate surface area is 161 Å². The van der Waals surface area contributed by atoms with Gasteiger partial charge in [-0.2, -0.15) is 0 Å². The molecule has 2 amide bonds. The molecule has 2 aromatic rings. The maximum atomic E-state index is 11.8. The number of primary amides is 1. The summed E-state index contributed by atoms with van der Waals surface area (Å²) >= 11 is 0. The van der Waals surface area contributed by atoms with Crippen LogP contribution >= 0.6 is 0 Å². The molecule has 3 unspecified atom stereocenters. The summed E-state index contributed by atoms with van der Waals surface area (Å²) < 4.78 is 20.6. The highest BCUT2D eigenvalue weighted by molar-refractivity contribution is 6.01. The van der Waals surface area contributed by atoms with E-state index in [1.807, 2.05) is 6.92 Å². The monoisotopic (exact) mass is 393 g/mol. The van der Waals surface area contributed by atoms with Crippen LogP contribution < -0.4 is 20.5 Å². The van der Waals surface area contributed by atoms with E-state index >= 15 is 0 Å². The van der Waals surface area contributed by atoms with Crippen LogP contribution in [0, 0.1) is 11.8 Å². The molecule has 1 aromatic carbocycles. The second-order valence-corrected chi connectivity index (χ2v) is 6.33.